The normalized spacial score (nSPS) is 15.0. The average Bonchev–Trinajstić information content (AvgIpc) is 2.54. The molecular weight excluding hydrogens is 276 g/mol. The van der Waals surface area contributed by atoms with Crippen molar-refractivity contribution >= 4 is 5.78 Å². The van der Waals surface area contributed by atoms with E-state index < -0.39 is 18.1 Å². The summed E-state index contributed by atoms with van der Waals surface area (Å²) in [5.41, 5.74) is 1.63. The molecule has 2 rings (SSSR count). The van der Waals surface area contributed by atoms with Crippen molar-refractivity contribution in [3.05, 3.63) is 71.8 Å². The van der Waals surface area contributed by atoms with Crippen molar-refractivity contribution in [1.82, 2.24) is 0 Å². The molecule has 0 aliphatic carbocycles. The Kier molecular flexibility index (Phi) is 5.87. The van der Waals surface area contributed by atoms with Crippen molar-refractivity contribution in [2.24, 2.45) is 5.92 Å². The number of Topliss-reactive ketones (excluding diaryl/α,β-unsaturated/α-hetero) is 1. The highest BCUT2D eigenvalue weighted by molar-refractivity contribution is 5.98. The second-order valence-corrected chi connectivity index (χ2v) is 5.59. The lowest BCUT2D eigenvalue weighted by Gasteiger charge is -2.24. The number of hydrogen-bond donors (Lipinski definition) is 2. The molecule has 0 spiro atoms. The number of rotatable bonds is 7. The molecule has 0 aliphatic rings. The number of aliphatic hydroxyl groups is 2. The van der Waals surface area contributed by atoms with Crippen LogP contribution in [0, 0.1) is 5.92 Å². The highest BCUT2D eigenvalue weighted by atomic mass is 16.3. The van der Waals surface area contributed by atoms with E-state index in [1.807, 2.05) is 36.4 Å². The van der Waals surface area contributed by atoms with Crippen LogP contribution >= 0.6 is 0 Å². The largest absolute Gasteiger partial charge is 0.393 e. The van der Waals surface area contributed by atoms with Gasteiger partial charge >= 0.3 is 0 Å². The Labute approximate surface area is 131 Å². The predicted octanol–water partition coefficient (Wildman–Crippen LogP) is 2.86. The van der Waals surface area contributed by atoms with E-state index in [0.717, 1.165) is 5.56 Å². The summed E-state index contributed by atoms with van der Waals surface area (Å²) >= 11 is 0. The number of benzene rings is 2. The minimum atomic E-state index is -0.890. The number of hydrogen-bond acceptors (Lipinski definition) is 3. The first-order chi connectivity index (χ1) is 10.6. The molecule has 116 valence electrons. The van der Waals surface area contributed by atoms with Crippen LogP contribution in [0.25, 0.3) is 0 Å². The van der Waals surface area contributed by atoms with Gasteiger partial charge in [0.1, 0.15) is 0 Å². The standard InChI is InChI=1S/C19H22O3/c1-14(20)18(19(22)16-10-6-3-7-11-16)17(21)13-12-15-8-4-2-5-9-15/h2-11,14,17-18,20-21H,12-13H2,1H3/t14-,17+,18+/m0/s1. The van der Waals surface area contributed by atoms with Crippen LogP contribution in [0.3, 0.4) is 0 Å². The molecule has 2 aromatic rings. The lowest BCUT2D eigenvalue weighted by molar-refractivity contribution is 0.0200. The zero-order valence-electron chi connectivity index (χ0n) is 12.7. The third-order valence-electron chi connectivity index (χ3n) is 3.87. The molecule has 0 aliphatic heterocycles. The Morgan fingerprint density at radius 3 is 2.05 bits per heavy atom. The summed E-state index contributed by atoms with van der Waals surface area (Å²) < 4.78 is 0. The summed E-state index contributed by atoms with van der Waals surface area (Å²) in [7, 11) is 0. The summed E-state index contributed by atoms with van der Waals surface area (Å²) in [6.45, 7) is 1.55. The van der Waals surface area contributed by atoms with Crippen molar-refractivity contribution in [1.29, 1.82) is 0 Å². The Morgan fingerprint density at radius 1 is 0.955 bits per heavy atom. The fraction of sp³-hybridized carbons (Fsp3) is 0.316. The molecule has 0 unspecified atom stereocenters. The van der Waals surface area contributed by atoms with Crippen LogP contribution < -0.4 is 0 Å². The van der Waals surface area contributed by atoms with Gasteiger partial charge in [0.15, 0.2) is 5.78 Å². The fourth-order valence-electron chi connectivity index (χ4n) is 2.65. The van der Waals surface area contributed by atoms with Gasteiger partial charge in [0, 0.05) is 5.56 Å². The van der Waals surface area contributed by atoms with Gasteiger partial charge in [-0.25, -0.2) is 0 Å². The summed E-state index contributed by atoms with van der Waals surface area (Å²) in [5, 5.41) is 20.3. The van der Waals surface area contributed by atoms with Crippen LogP contribution in [0.5, 0.6) is 0 Å². The molecule has 2 aromatic carbocycles. The smallest absolute Gasteiger partial charge is 0.171 e. The van der Waals surface area contributed by atoms with Gasteiger partial charge in [0.2, 0.25) is 0 Å². The van der Waals surface area contributed by atoms with Crippen molar-refractivity contribution < 1.29 is 15.0 Å². The van der Waals surface area contributed by atoms with E-state index in [4.69, 9.17) is 0 Å². The Morgan fingerprint density at radius 2 is 1.50 bits per heavy atom. The first-order valence-electron chi connectivity index (χ1n) is 7.59. The molecule has 22 heavy (non-hydrogen) atoms. The Bertz CT molecular complexity index is 578. The van der Waals surface area contributed by atoms with Gasteiger partial charge in [-0.2, -0.15) is 0 Å². The number of aryl methyl sites for hydroxylation is 1. The molecule has 3 nitrogen and oxygen atoms in total. The first-order valence-corrected chi connectivity index (χ1v) is 7.59. The van der Waals surface area contributed by atoms with Gasteiger partial charge in [-0.1, -0.05) is 60.7 Å². The topological polar surface area (TPSA) is 57.5 Å². The van der Waals surface area contributed by atoms with Gasteiger partial charge in [0.25, 0.3) is 0 Å². The quantitative estimate of drug-likeness (QED) is 0.773. The molecule has 0 heterocycles. The summed E-state index contributed by atoms with van der Waals surface area (Å²) in [5.74, 6) is -1.01. The number of aliphatic hydroxyl groups excluding tert-OH is 2. The number of carbonyl (C=O) groups is 1. The Balaban J connectivity index is 2.05. The minimum Gasteiger partial charge on any atom is -0.393 e. The third-order valence-corrected chi connectivity index (χ3v) is 3.87. The molecule has 0 fully saturated rings. The average molecular weight is 298 g/mol. The monoisotopic (exact) mass is 298 g/mol. The zero-order chi connectivity index (χ0) is 15.9. The van der Waals surface area contributed by atoms with E-state index in [9.17, 15) is 15.0 Å². The molecule has 0 aromatic heterocycles. The fourth-order valence-corrected chi connectivity index (χ4v) is 2.65. The zero-order valence-corrected chi connectivity index (χ0v) is 12.7. The van der Waals surface area contributed by atoms with E-state index in [-0.39, 0.29) is 5.78 Å². The molecule has 0 bridgehead atoms. The van der Waals surface area contributed by atoms with Gasteiger partial charge in [-0.3, -0.25) is 4.79 Å². The highest BCUT2D eigenvalue weighted by Crippen LogP contribution is 2.20. The summed E-state index contributed by atoms with van der Waals surface area (Å²) in [6.07, 6.45) is -0.641. The molecule has 0 saturated carbocycles. The Hall–Kier alpha value is -1.97. The lowest BCUT2D eigenvalue weighted by Crippen LogP contribution is -2.37. The van der Waals surface area contributed by atoms with E-state index >= 15 is 0 Å². The van der Waals surface area contributed by atoms with Crippen molar-refractivity contribution in [2.75, 3.05) is 0 Å². The maximum Gasteiger partial charge on any atom is 0.171 e. The number of carbonyl (C=O) groups excluding carboxylic acids is 1. The minimum absolute atomic E-state index is 0.212. The van der Waals surface area contributed by atoms with Crippen molar-refractivity contribution in [3.8, 4) is 0 Å². The van der Waals surface area contributed by atoms with Crippen molar-refractivity contribution in [3.63, 3.8) is 0 Å². The molecule has 2 N–H and O–H groups in total. The first kappa shape index (κ1) is 16.4. The highest BCUT2D eigenvalue weighted by Gasteiger charge is 2.31. The molecule has 3 heteroatoms. The van der Waals surface area contributed by atoms with Crippen LogP contribution in [-0.4, -0.2) is 28.2 Å². The van der Waals surface area contributed by atoms with Gasteiger partial charge in [0.05, 0.1) is 18.1 Å². The molecule has 0 radical (unpaired) electrons. The van der Waals surface area contributed by atoms with E-state index in [0.29, 0.717) is 18.4 Å². The van der Waals surface area contributed by atoms with Crippen LogP contribution in [0.4, 0.5) is 0 Å². The second kappa shape index (κ2) is 7.87. The van der Waals surface area contributed by atoms with Crippen LogP contribution in [0.1, 0.15) is 29.3 Å². The second-order valence-electron chi connectivity index (χ2n) is 5.59. The van der Waals surface area contributed by atoms with Crippen molar-refractivity contribution in [2.45, 2.75) is 32.0 Å². The number of ketones is 1. The maximum atomic E-state index is 12.5. The van der Waals surface area contributed by atoms with Crippen LogP contribution in [0.2, 0.25) is 0 Å². The third kappa shape index (κ3) is 4.26. The summed E-state index contributed by atoms with van der Waals surface area (Å²) in [6, 6.07) is 18.6. The van der Waals surface area contributed by atoms with Gasteiger partial charge in [-0.15, -0.1) is 0 Å². The van der Waals surface area contributed by atoms with E-state index in [1.165, 1.54) is 0 Å². The van der Waals surface area contributed by atoms with Gasteiger partial charge < -0.3 is 10.2 Å². The molecule has 0 amide bonds. The predicted molar refractivity (Wildman–Crippen MR) is 86.7 cm³/mol. The van der Waals surface area contributed by atoms with E-state index in [2.05, 4.69) is 0 Å². The summed E-state index contributed by atoms with van der Waals surface area (Å²) in [4.78, 5) is 12.5. The lowest BCUT2D eigenvalue weighted by atomic mass is 9.86. The van der Waals surface area contributed by atoms with Gasteiger partial charge in [-0.05, 0) is 25.3 Å². The molecule has 0 saturated heterocycles. The maximum absolute atomic E-state index is 12.5. The van der Waals surface area contributed by atoms with Crippen LogP contribution in [0.15, 0.2) is 60.7 Å². The van der Waals surface area contributed by atoms with Crippen LogP contribution in [-0.2, 0) is 6.42 Å². The van der Waals surface area contributed by atoms with E-state index in [1.54, 1.807) is 31.2 Å². The SMILES string of the molecule is C[C@H](O)[C@@H](C(=O)c1ccccc1)[C@H](O)CCc1ccccc1. The molecule has 3 atom stereocenters. The molecular formula is C19H22O3.